The van der Waals surface area contributed by atoms with Gasteiger partial charge in [-0.2, -0.15) is 0 Å². The molecular formula is C26H36N2O4S. The predicted molar refractivity (Wildman–Crippen MR) is 132 cm³/mol. The third-order valence-corrected chi connectivity index (χ3v) is 6.86. The Morgan fingerprint density at radius 2 is 1.88 bits per heavy atom. The Morgan fingerprint density at radius 3 is 2.52 bits per heavy atom. The molecule has 2 heterocycles. The number of hydrogen-bond acceptors (Lipinski definition) is 5. The van der Waals surface area contributed by atoms with E-state index in [1.807, 2.05) is 63.8 Å². The monoisotopic (exact) mass is 472 g/mol. The number of ether oxygens (including phenoxy) is 2. The minimum atomic E-state index is -0.436. The Kier molecular flexibility index (Phi) is 8.05. The molecule has 0 saturated heterocycles. The van der Waals surface area contributed by atoms with Crippen molar-refractivity contribution in [3.8, 4) is 11.5 Å². The average Bonchev–Trinajstić information content (AvgIpc) is 3.23. The van der Waals surface area contributed by atoms with Crippen LogP contribution in [-0.2, 0) is 16.0 Å². The summed E-state index contributed by atoms with van der Waals surface area (Å²) in [7, 11) is 1.62. The third kappa shape index (κ3) is 6.08. The van der Waals surface area contributed by atoms with Crippen LogP contribution in [0, 0.1) is 5.92 Å². The highest BCUT2D eigenvalue weighted by Gasteiger charge is 2.36. The van der Waals surface area contributed by atoms with E-state index in [1.54, 1.807) is 23.3 Å². The summed E-state index contributed by atoms with van der Waals surface area (Å²) in [6.45, 7) is 11.0. The lowest BCUT2D eigenvalue weighted by Crippen LogP contribution is -2.53. The number of methoxy groups -OCH3 is 1. The highest BCUT2D eigenvalue weighted by molar-refractivity contribution is 7.10. The number of carbonyl (C=O) groups is 2. The van der Waals surface area contributed by atoms with Crippen LogP contribution >= 0.6 is 11.3 Å². The van der Waals surface area contributed by atoms with Gasteiger partial charge < -0.3 is 19.3 Å². The standard InChI is InChI=1S/C26H36N2O4S/c1-18(2)15-24(29)28(26(3,4)5)16-25(30)27-13-11-23-19(12-14-33-23)20(27)17-32-22-10-8-7-9-21(22)31-6/h7-10,12,14,18,20H,11,13,15-17H2,1-6H3/t20-/m1/s1. The van der Waals surface area contributed by atoms with Crippen LogP contribution in [0.15, 0.2) is 35.7 Å². The van der Waals surface area contributed by atoms with Gasteiger partial charge in [0.25, 0.3) is 0 Å². The Labute approximate surface area is 201 Å². The van der Waals surface area contributed by atoms with E-state index in [4.69, 9.17) is 9.47 Å². The van der Waals surface area contributed by atoms with Gasteiger partial charge in [0.05, 0.1) is 13.2 Å². The first kappa shape index (κ1) is 25.1. The molecule has 0 fully saturated rings. The van der Waals surface area contributed by atoms with E-state index < -0.39 is 5.54 Å². The maximum absolute atomic E-state index is 13.6. The molecule has 0 radical (unpaired) electrons. The highest BCUT2D eigenvalue weighted by atomic mass is 32.1. The molecule has 1 atom stereocenters. The van der Waals surface area contributed by atoms with Crippen LogP contribution in [0.3, 0.4) is 0 Å². The van der Waals surface area contributed by atoms with Crippen LogP contribution in [0.1, 0.15) is 57.5 Å². The molecule has 2 aromatic rings. The fraction of sp³-hybridized carbons (Fsp3) is 0.538. The van der Waals surface area contributed by atoms with E-state index in [0.29, 0.717) is 31.1 Å². The zero-order valence-corrected chi connectivity index (χ0v) is 21.4. The van der Waals surface area contributed by atoms with Crippen molar-refractivity contribution >= 4 is 23.2 Å². The van der Waals surface area contributed by atoms with Crippen molar-refractivity contribution in [2.24, 2.45) is 5.92 Å². The molecule has 0 N–H and O–H groups in total. The summed E-state index contributed by atoms with van der Waals surface area (Å²) in [5.74, 6) is 1.52. The number of fused-ring (bicyclic) bond motifs is 1. The normalized spacial score (nSPS) is 15.8. The fourth-order valence-corrected chi connectivity index (χ4v) is 5.09. The second kappa shape index (κ2) is 10.6. The van der Waals surface area contributed by atoms with E-state index in [2.05, 4.69) is 11.4 Å². The van der Waals surface area contributed by atoms with Crippen LogP contribution in [0.2, 0.25) is 0 Å². The molecule has 6 nitrogen and oxygen atoms in total. The Morgan fingerprint density at radius 1 is 1.18 bits per heavy atom. The number of thiophene rings is 1. The van der Waals surface area contributed by atoms with Crippen molar-refractivity contribution in [1.29, 1.82) is 0 Å². The van der Waals surface area contributed by atoms with Crippen LogP contribution in [0.4, 0.5) is 0 Å². The number of rotatable bonds is 8. The van der Waals surface area contributed by atoms with Crippen LogP contribution in [-0.4, -0.2) is 54.0 Å². The smallest absolute Gasteiger partial charge is 0.242 e. The zero-order valence-electron chi connectivity index (χ0n) is 20.6. The molecule has 0 bridgehead atoms. The third-order valence-electron chi connectivity index (χ3n) is 5.87. The molecular weight excluding hydrogens is 436 g/mol. The van der Waals surface area contributed by atoms with Gasteiger partial charge in [-0.15, -0.1) is 11.3 Å². The molecule has 180 valence electrons. The number of para-hydroxylation sites is 2. The van der Waals surface area contributed by atoms with Gasteiger partial charge in [0.2, 0.25) is 11.8 Å². The van der Waals surface area contributed by atoms with E-state index >= 15 is 0 Å². The summed E-state index contributed by atoms with van der Waals surface area (Å²) in [6.07, 6.45) is 1.25. The van der Waals surface area contributed by atoms with Gasteiger partial charge in [-0.25, -0.2) is 0 Å². The summed E-state index contributed by atoms with van der Waals surface area (Å²) in [6, 6.07) is 9.40. The molecule has 1 aliphatic rings. The SMILES string of the molecule is COc1ccccc1OC[C@@H]1c2ccsc2CCN1C(=O)CN(C(=O)CC(C)C)C(C)(C)C. The lowest BCUT2D eigenvalue weighted by molar-refractivity contribution is -0.147. The van der Waals surface area contributed by atoms with E-state index in [-0.39, 0.29) is 30.3 Å². The van der Waals surface area contributed by atoms with Gasteiger partial charge in [0.1, 0.15) is 13.2 Å². The van der Waals surface area contributed by atoms with Crippen molar-refractivity contribution in [2.75, 3.05) is 26.8 Å². The van der Waals surface area contributed by atoms with Gasteiger partial charge in [0, 0.05) is 23.4 Å². The van der Waals surface area contributed by atoms with Gasteiger partial charge in [-0.05, 0) is 62.3 Å². The van der Waals surface area contributed by atoms with Crippen LogP contribution in [0.5, 0.6) is 11.5 Å². The molecule has 0 spiro atoms. The number of hydrogen-bond donors (Lipinski definition) is 0. The lowest BCUT2D eigenvalue weighted by atomic mass is 9.99. The average molecular weight is 473 g/mol. The molecule has 7 heteroatoms. The van der Waals surface area contributed by atoms with Crippen molar-refractivity contribution in [2.45, 2.75) is 59.0 Å². The van der Waals surface area contributed by atoms with Gasteiger partial charge >= 0.3 is 0 Å². The molecule has 0 saturated carbocycles. The number of carbonyl (C=O) groups excluding carboxylic acids is 2. The maximum atomic E-state index is 13.6. The number of benzene rings is 1. The Balaban J connectivity index is 1.81. The van der Waals surface area contributed by atoms with E-state index in [9.17, 15) is 9.59 Å². The summed E-state index contributed by atoms with van der Waals surface area (Å²) in [4.78, 5) is 31.4. The van der Waals surface area contributed by atoms with Gasteiger partial charge in [0.15, 0.2) is 11.5 Å². The molecule has 0 unspecified atom stereocenters. The van der Waals surface area contributed by atoms with E-state index in [1.165, 1.54) is 4.88 Å². The summed E-state index contributed by atoms with van der Waals surface area (Å²) < 4.78 is 11.6. The van der Waals surface area contributed by atoms with Crippen molar-refractivity contribution in [3.05, 3.63) is 46.2 Å². The molecule has 33 heavy (non-hydrogen) atoms. The summed E-state index contributed by atoms with van der Waals surface area (Å²) in [5, 5.41) is 2.07. The van der Waals surface area contributed by atoms with Crippen LogP contribution in [0.25, 0.3) is 0 Å². The van der Waals surface area contributed by atoms with Crippen molar-refractivity contribution < 1.29 is 19.1 Å². The lowest BCUT2D eigenvalue weighted by Gasteiger charge is -2.40. The fourth-order valence-electron chi connectivity index (χ4n) is 4.17. The topological polar surface area (TPSA) is 59.1 Å². The first-order chi connectivity index (χ1) is 15.6. The second-order valence-electron chi connectivity index (χ2n) is 9.86. The minimum Gasteiger partial charge on any atom is -0.493 e. The molecule has 0 aliphatic carbocycles. The summed E-state index contributed by atoms with van der Waals surface area (Å²) >= 11 is 1.72. The van der Waals surface area contributed by atoms with Crippen molar-refractivity contribution in [1.82, 2.24) is 9.80 Å². The number of amides is 2. The first-order valence-electron chi connectivity index (χ1n) is 11.5. The number of nitrogens with zero attached hydrogens (tertiary/aromatic N) is 2. The molecule has 2 amide bonds. The molecule has 1 aromatic carbocycles. The van der Waals surface area contributed by atoms with Crippen LogP contribution < -0.4 is 9.47 Å². The Bertz CT molecular complexity index is 963. The van der Waals surface area contributed by atoms with Gasteiger partial charge in [-0.3, -0.25) is 9.59 Å². The second-order valence-corrected chi connectivity index (χ2v) is 10.9. The Hall–Kier alpha value is -2.54. The summed E-state index contributed by atoms with van der Waals surface area (Å²) in [5.41, 5.74) is 0.694. The molecule has 1 aromatic heterocycles. The zero-order chi connectivity index (χ0) is 24.2. The molecule has 3 rings (SSSR count). The molecule has 1 aliphatic heterocycles. The van der Waals surface area contributed by atoms with Crippen molar-refractivity contribution in [3.63, 3.8) is 0 Å². The largest absolute Gasteiger partial charge is 0.493 e. The highest BCUT2D eigenvalue weighted by Crippen LogP contribution is 2.35. The minimum absolute atomic E-state index is 0.0147. The predicted octanol–water partition coefficient (Wildman–Crippen LogP) is 4.93. The quantitative estimate of drug-likeness (QED) is 0.546. The van der Waals surface area contributed by atoms with Gasteiger partial charge in [-0.1, -0.05) is 26.0 Å². The first-order valence-corrected chi connectivity index (χ1v) is 12.4. The van der Waals surface area contributed by atoms with E-state index in [0.717, 1.165) is 12.0 Å². The maximum Gasteiger partial charge on any atom is 0.242 e.